The van der Waals surface area contributed by atoms with Gasteiger partial charge in [-0.3, -0.25) is 0 Å². The van der Waals surface area contributed by atoms with E-state index in [0.717, 1.165) is 34.3 Å². The van der Waals surface area contributed by atoms with Crippen molar-refractivity contribution < 1.29 is 8.81 Å². The normalized spacial score (nSPS) is 12.8. The lowest BCUT2D eigenvalue weighted by molar-refractivity contribution is 0.546. The minimum absolute atomic E-state index is 0.311. The van der Waals surface area contributed by atoms with Crippen LogP contribution in [0.3, 0.4) is 0 Å². The Bertz CT molecular complexity index is 797. The lowest BCUT2D eigenvalue weighted by Crippen LogP contribution is -2.13. The summed E-state index contributed by atoms with van der Waals surface area (Å²) in [7, 11) is 0. The molecule has 0 saturated heterocycles. The third-order valence-electron chi connectivity index (χ3n) is 3.65. The molecule has 21 heavy (non-hydrogen) atoms. The zero-order valence-electron chi connectivity index (χ0n) is 11.6. The van der Waals surface area contributed by atoms with Crippen LogP contribution in [0.1, 0.15) is 29.9 Å². The minimum atomic E-state index is -0.411. The second-order valence-electron chi connectivity index (χ2n) is 4.94. The van der Waals surface area contributed by atoms with E-state index in [1.165, 1.54) is 6.07 Å². The molecule has 108 valence electrons. The lowest BCUT2D eigenvalue weighted by Gasteiger charge is -2.13. The summed E-state index contributed by atoms with van der Waals surface area (Å²) in [4.78, 5) is 0. The summed E-state index contributed by atoms with van der Waals surface area (Å²) < 4.78 is 20.0. The largest absolute Gasteiger partial charge is 0.461 e. The van der Waals surface area contributed by atoms with Gasteiger partial charge in [0.25, 0.3) is 0 Å². The molecule has 0 spiro atoms. The molecule has 0 aliphatic carbocycles. The van der Waals surface area contributed by atoms with Crippen LogP contribution in [0, 0.1) is 5.82 Å². The van der Waals surface area contributed by atoms with Crippen LogP contribution in [-0.4, -0.2) is 0 Å². The van der Waals surface area contributed by atoms with Crippen LogP contribution in [0.2, 0.25) is 0 Å². The maximum absolute atomic E-state index is 13.8. The van der Waals surface area contributed by atoms with Gasteiger partial charge in [0.05, 0.1) is 10.5 Å². The average Bonchev–Trinajstić information content (AvgIpc) is 2.87. The number of aryl methyl sites for hydroxylation is 1. The summed E-state index contributed by atoms with van der Waals surface area (Å²) in [6.45, 7) is 2.02. The number of halogens is 2. The van der Waals surface area contributed by atoms with Gasteiger partial charge in [-0.25, -0.2) is 4.39 Å². The molecule has 0 aliphatic rings. The molecule has 4 heteroatoms. The first-order valence-electron chi connectivity index (χ1n) is 6.82. The van der Waals surface area contributed by atoms with Crippen LogP contribution in [0.4, 0.5) is 4.39 Å². The highest BCUT2D eigenvalue weighted by Crippen LogP contribution is 2.34. The smallest absolute Gasteiger partial charge is 0.137 e. The van der Waals surface area contributed by atoms with Gasteiger partial charge in [0, 0.05) is 17.4 Å². The molecule has 1 atom stereocenters. The first-order chi connectivity index (χ1) is 10.1. The van der Waals surface area contributed by atoms with Gasteiger partial charge in [0.1, 0.15) is 17.2 Å². The van der Waals surface area contributed by atoms with Crippen molar-refractivity contribution in [1.29, 1.82) is 0 Å². The second-order valence-corrected chi connectivity index (χ2v) is 5.79. The molecule has 0 bridgehead atoms. The number of fused-ring (bicyclic) bond motifs is 1. The molecule has 2 aromatic carbocycles. The summed E-state index contributed by atoms with van der Waals surface area (Å²) in [5.74, 6) is 0.542. The molecular formula is C17H15BrFNO. The first kappa shape index (κ1) is 14.3. The Hall–Kier alpha value is -1.65. The van der Waals surface area contributed by atoms with Crippen molar-refractivity contribution in [2.45, 2.75) is 19.4 Å². The minimum Gasteiger partial charge on any atom is -0.461 e. The van der Waals surface area contributed by atoms with Crippen molar-refractivity contribution in [3.05, 3.63) is 69.6 Å². The fourth-order valence-corrected chi connectivity index (χ4v) is 2.84. The van der Waals surface area contributed by atoms with E-state index < -0.39 is 6.04 Å². The van der Waals surface area contributed by atoms with Gasteiger partial charge in [0.2, 0.25) is 0 Å². The van der Waals surface area contributed by atoms with E-state index in [1.54, 1.807) is 6.07 Å². The van der Waals surface area contributed by atoms with E-state index in [-0.39, 0.29) is 5.82 Å². The first-order valence-corrected chi connectivity index (χ1v) is 7.62. The standard InChI is InChI=1S/C17H15BrFNO/c1-2-14-16(11-5-3-4-6-15(11)21-14)17(20)10-7-8-12(18)13(19)9-10/h3-9,17H,2,20H2,1H3. The predicted octanol–water partition coefficient (Wildman–Crippen LogP) is 4.94. The molecule has 0 saturated carbocycles. The van der Waals surface area contributed by atoms with Gasteiger partial charge in [-0.2, -0.15) is 0 Å². The lowest BCUT2D eigenvalue weighted by atomic mass is 9.96. The molecule has 1 aromatic heterocycles. The molecule has 1 unspecified atom stereocenters. The maximum atomic E-state index is 13.8. The Morgan fingerprint density at radius 3 is 2.71 bits per heavy atom. The molecule has 1 heterocycles. The topological polar surface area (TPSA) is 39.2 Å². The van der Waals surface area contributed by atoms with Crippen molar-refractivity contribution in [2.75, 3.05) is 0 Å². The predicted molar refractivity (Wildman–Crippen MR) is 85.7 cm³/mol. The Morgan fingerprint density at radius 1 is 1.24 bits per heavy atom. The molecule has 0 amide bonds. The summed E-state index contributed by atoms with van der Waals surface area (Å²) in [5.41, 5.74) is 8.87. The van der Waals surface area contributed by atoms with Crippen LogP contribution < -0.4 is 5.73 Å². The summed E-state index contributed by atoms with van der Waals surface area (Å²) >= 11 is 3.16. The van der Waals surface area contributed by atoms with E-state index in [9.17, 15) is 4.39 Å². The van der Waals surface area contributed by atoms with Gasteiger partial charge in [0.15, 0.2) is 0 Å². The fourth-order valence-electron chi connectivity index (χ4n) is 2.59. The number of hydrogen-bond acceptors (Lipinski definition) is 2. The van der Waals surface area contributed by atoms with Crippen LogP contribution >= 0.6 is 15.9 Å². The Morgan fingerprint density at radius 2 is 2.00 bits per heavy atom. The third kappa shape index (κ3) is 2.49. The molecular weight excluding hydrogens is 333 g/mol. The van der Waals surface area contributed by atoms with Crippen LogP contribution in [0.25, 0.3) is 11.0 Å². The quantitative estimate of drug-likeness (QED) is 0.728. The number of furan rings is 1. The van der Waals surface area contributed by atoms with E-state index in [2.05, 4.69) is 15.9 Å². The number of para-hydroxylation sites is 1. The Kier molecular flexibility index (Phi) is 3.83. The van der Waals surface area contributed by atoms with E-state index in [0.29, 0.717) is 4.47 Å². The van der Waals surface area contributed by atoms with Crippen LogP contribution in [-0.2, 0) is 6.42 Å². The molecule has 3 aromatic rings. The molecule has 2 nitrogen and oxygen atoms in total. The molecule has 0 radical (unpaired) electrons. The Balaban J connectivity index is 2.16. The highest BCUT2D eigenvalue weighted by atomic mass is 79.9. The second kappa shape index (κ2) is 5.62. The fraction of sp³-hybridized carbons (Fsp3) is 0.176. The van der Waals surface area contributed by atoms with E-state index >= 15 is 0 Å². The highest BCUT2D eigenvalue weighted by molar-refractivity contribution is 9.10. The molecule has 3 rings (SSSR count). The van der Waals surface area contributed by atoms with Crippen molar-refractivity contribution in [3.8, 4) is 0 Å². The van der Waals surface area contributed by atoms with Gasteiger partial charge >= 0.3 is 0 Å². The van der Waals surface area contributed by atoms with Gasteiger partial charge in [-0.1, -0.05) is 31.2 Å². The molecule has 0 fully saturated rings. The van der Waals surface area contributed by atoms with E-state index in [4.69, 9.17) is 10.2 Å². The van der Waals surface area contributed by atoms with Gasteiger partial charge < -0.3 is 10.2 Å². The molecule has 2 N–H and O–H groups in total. The van der Waals surface area contributed by atoms with Gasteiger partial charge in [-0.05, 0) is 39.7 Å². The number of hydrogen-bond donors (Lipinski definition) is 1. The maximum Gasteiger partial charge on any atom is 0.137 e. The van der Waals surface area contributed by atoms with Crippen LogP contribution in [0.15, 0.2) is 51.4 Å². The number of benzene rings is 2. The summed E-state index contributed by atoms with van der Waals surface area (Å²) in [6, 6.07) is 12.4. The summed E-state index contributed by atoms with van der Waals surface area (Å²) in [5, 5.41) is 0.991. The Labute approximate surface area is 130 Å². The third-order valence-corrected chi connectivity index (χ3v) is 4.29. The highest BCUT2D eigenvalue weighted by Gasteiger charge is 2.20. The van der Waals surface area contributed by atoms with E-state index in [1.807, 2.05) is 37.3 Å². The van der Waals surface area contributed by atoms with Gasteiger partial charge in [-0.15, -0.1) is 0 Å². The zero-order valence-corrected chi connectivity index (χ0v) is 13.2. The zero-order chi connectivity index (χ0) is 15.0. The summed E-state index contributed by atoms with van der Waals surface area (Å²) in [6.07, 6.45) is 0.747. The molecule has 0 aliphatic heterocycles. The van der Waals surface area contributed by atoms with Crippen molar-refractivity contribution in [2.24, 2.45) is 5.73 Å². The number of nitrogens with two attached hydrogens (primary N) is 1. The SMILES string of the molecule is CCc1oc2ccccc2c1C(N)c1ccc(Br)c(F)c1. The monoisotopic (exact) mass is 347 g/mol. The van der Waals surface area contributed by atoms with Crippen molar-refractivity contribution in [3.63, 3.8) is 0 Å². The van der Waals surface area contributed by atoms with Crippen LogP contribution in [0.5, 0.6) is 0 Å². The van der Waals surface area contributed by atoms with Crippen molar-refractivity contribution in [1.82, 2.24) is 0 Å². The number of rotatable bonds is 3. The van der Waals surface area contributed by atoms with Crippen molar-refractivity contribution >= 4 is 26.9 Å². The average molecular weight is 348 g/mol.